The predicted molar refractivity (Wildman–Crippen MR) is 75.0 cm³/mol. The summed E-state index contributed by atoms with van der Waals surface area (Å²) in [7, 11) is 0. The van der Waals surface area contributed by atoms with E-state index in [4.69, 9.17) is 16.7 Å². The minimum absolute atomic E-state index is 0.0865. The maximum Gasteiger partial charge on any atom is 0.419 e. The number of pyridine rings is 1. The summed E-state index contributed by atoms with van der Waals surface area (Å²) < 4.78 is 39.4. The van der Waals surface area contributed by atoms with Crippen LogP contribution in [0.3, 0.4) is 0 Å². The molecule has 0 unspecified atom stereocenters. The van der Waals surface area contributed by atoms with Crippen LogP contribution in [0.5, 0.6) is 0 Å². The zero-order valence-corrected chi connectivity index (χ0v) is 12.4. The van der Waals surface area contributed by atoms with Crippen molar-refractivity contribution in [3.8, 4) is 0 Å². The van der Waals surface area contributed by atoms with E-state index in [-0.39, 0.29) is 11.0 Å². The molecule has 2 aromatic rings. The fourth-order valence-corrected chi connectivity index (χ4v) is 2.78. The monoisotopic (exact) mass is 351 g/mol. The number of anilines is 1. The topological polar surface area (TPSA) is 66.3 Å². The second-order valence-electron chi connectivity index (χ2n) is 4.20. The summed E-state index contributed by atoms with van der Waals surface area (Å²) in [6.07, 6.45) is -2.07. The third kappa shape index (κ3) is 4.08. The van der Waals surface area contributed by atoms with E-state index in [0.717, 1.165) is 28.4 Å². The fourth-order valence-electron chi connectivity index (χ4n) is 1.78. The highest BCUT2D eigenvalue weighted by Crippen LogP contribution is 2.35. The summed E-state index contributed by atoms with van der Waals surface area (Å²) in [5.74, 6) is -1.71. The summed E-state index contributed by atoms with van der Waals surface area (Å²) in [5, 5.41) is 8.93. The zero-order valence-electron chi connectivity index (χ0n) is 10.8. The molecule has 5 nitrogen and oxygen atoms in total. The zero-order chi connectivity index (χ0) is 16.3. The van der Waals surface area contributed by atoms with Crippen LogP contribution >= 0.6 is 22.9 Å². The Morgan fingerprint density at radius 3 is 2.68 bits per heavy atom. The third-order valence-electron chi connectivity index (χ3n) is 2.59. The second-order valence-corrected chi connectivity index (χ2v) is 5.90. The van der Waals surface area contributed by atoms with Gasteiger partial charge < -0.3 is 10.0 Å². The maximum absolute atomic E-state index is 13.0. The molecule has 0 aromatic carbocycles. The Bertz CT molecular complexity index is 678. The van der Waals surface area contributed by atoms with Gasteiger partial charge in [-0.2, -0.15) is 13.2 Å². The number of rotatable bonds is 5. The first-order chi connectivity index (χ1) is 10.3. The number of hydrogen-bond donors (Lipinski definition) is 1. The van der Waals surface area contributed by atoms with Crippen molar-refractivity contribution in [1.29, 1.82) is 0 Å². The molecule has 22 heavy (non-hydrogen) atoms. The Morgan fingerprint density at radius 1 is 1.41 bits per heavy atom. The molecule has 2 rings (SSSR count). The van der Waals surface area contributed by atoms with Gasteiger partial charge in [0, 0.05) is 17.3 Å². The molecule has 0 atom stereocenters. The number of halogens is 4. The highest BCUT2D eigenvalue weighted by atomic mass is 35.5. The molecule has 0 aliphatic heterocycles. The van der Waals surface area contributed by atoms with Crippen molar-refractivity contribution in [2.75, 3.05) is 11.4 Å². The molecule has 0 amide bonds. The van der Waals surface area contributed by atoms with Gasteiger partial charge in [0.05, 0.1) is 12.1 Å². The first-order valence-electron chi connectivity index (χ1n) is 5.86. The van der Waals surface area contributed by atoms with E-state index in [0.29, 0.717) is 4.88 Å². The molecular formula is C12H9ClF3N3O2S. The van der Waals surface area contributed by atoms with Crippen molar-refractivity contribution in [2.45, 2.75) is 12.7 Å². The van der Waals surface area contributed by atoms with E-state index in [1.54, 1.807) is 0 Å². The number of thiazole rings is 1. The van der Waals surface area contributed by atoms with E-state index in [2.05, 4.69) is 9.97 Å². The van der Waals surface area contributed by atoms with Crippen LogP contribution in [0.15, 0.2) is 24.5 Å². The Labute approximate surface area is 132 Å². The van der Waals surface area contributed by atoms with Gasteiger partial charge in [0.15, 0.2) is 4.47 Å². The van der Waals surface area contributed by atoms with E-state index >= 15 is 0 Å². The summed E-state index contributed by atoms with van der Waals surface area (Å²) in [6, 6.07) is 2.01. The van der Waals surface area contributed by atoms with Crippen LogP contribution in [-0.4, -0.2) is 27.6 Å². The van der Waals surface area contributed by atoms with Crippen molar-refractivity contribution in [1.82, 2.24) is 9.97 Å². The predicted octanol–water partition coefficient (Wildman–Crippen LogP) is 3.30. The first kappa shape index (κ1) is 16.5. The van der Waals surface area contributed by atoms with Gasteiger partial charge in [-0.05, 0) is 12.1 Å². The minimum Gasteiger partial charge on any atom is -0.480 e. The molecule has 10 heteroatoms. The average molecular weight is 352 g/mol. The van der Waals surface area contributed by atoms with E-state index < -0.39 is 30.1 Å². The molecule has 0 aliphatic rings. The third-order valence-corrected chi connectivity index (χ3v) is 3.69. The van der Waals surface area contributed by atoms with Crippen LogP contribution in [0.1, 0.15) is 10.4 Å². The molecule has 118 valence electrons. The van der Waals surface area contributed by atoms with Gasteiger partial charge in [-0.3, -0.25) is 4.79 Å². The number of hydrogen-bond acceptors (Lipinski definition) is 5. The summed E-state index contributed by atoms with van der Waals surface area (Å²) >= 11 is 6.74. The first-order valence-corrected chi connectivity index (χ1v) is 7.06. The van der Waals surface area contributed by atoms with Gasteiger partial charge in [-0.15, -0.1) is 11.3 Å². The molecule has 0 saturated heterocycles. The molecule has 0 fully saturated rings. The lowest BCUT2D eigenvalue weighted by molar-refractivity contribution is -0.138. The number of aromatic nitrogens is 2. The van der Waals surface area contributed by atoms with Crippen LogP contribution < -0.4 is 4.90 Å². The molecule has 0 saturated carbocycles. The Hall–Kier alpha value is -1.87. The minimum atomic E-state index is -4.63. The van der Waals surface area contributed by atoms with Gasteiger partial charge >= 0.3 is 12.1 Å². The Balaban J connectivity index is 2.39. The van der Waals surface area contributed by atoms with Crippen molar-refractivity contribution in [3.05, 3.63) is 39.4 Å². The van der Waals surface area contributed by atoms with Crippen LogP contribution in [0, 0.1) is 0 Å². The van der Waals surface area contributed by atoms with Gasteiger partial charge in [0.1, 0.15) is 12.4 Å². The SMILES string of the molecule is O=C(O)CN(Cc1cnc(Cl)s1)c1ncccc1C(F)(F)F. The molecular weight excluding hydrogens is 343 g/mol. The van der Waals surface area contributed by atoms with Crippen LogP contribution in [-0.2, 0) is 17.5 Å². The normalized spacial score (nSPS) is 11.5. The van der Waals surface area contributed by atoms with Crippen molar-refractivity contribution < 1.29 is 23.1 Å². The van der Waals surface area contributed by atoms with Crippen molar-refractivity contribution in [3.63, 3.8) is 0 Å². The van der Waals surface area contributed by atoms with Crippen LogP contribution in [0.4, 0.5) is 19.0 Å². The second kappa shape index (κ2) is 6.49. The Morgan fingerprint density at radius 2 is 2.14 bits per heavy atom. The van der Waals surface area contributed by atoms with Crippen LogP contribution in [0.25, 0.3) is 0 Å². The van der Waals surface area contributed by atoms with Gasteiger partial charge in [-0.25, -0.2) is 9.97 Å². The van der Waals surface area contributed by atoms with Crippen molar-refractivity contribution >= 4 is 34.7 Å². The maximum atomic E-state index is 13.0. The summed E-state index contributed by atoms with van der Waals surface area (Å²) in [6.45, 7) is -0.716. The highest BCUT2D eigenvalue weighted by Gasteiger charge is 2.36. The van der Waals surface area contributed by atoms with Gasteiger partial charge in [0.2, 0.25) is 0 Å². The van der Waals surface area contributed by atoms with Gasteiger partial charge in [-0.1, -0.05) is 11.6 Å². The van der Waals surface area contributed by atoms with Gasteiger partial charge in [0.25, 0.3) is 0 Å². The number of aliphatic carboxylic acids is 1. The smallest absolute Gasteiger partial charge is 0.419 e. The molecule has 0 bridgehead atoms. The number of nitrogens with zero attached hydrogens (tertiary/aromatic N) is 3. The van der Waals surface area contributed by atoms with E-state index in [1.165, 1.54) is 12.4 Å². The number of carboxylic acid groups (broad SMARTS) is 1. The number of carboxylic acids is 1. The molecule has 0 radical (unpaired) electrons. The van der Waals surface area contributed by atoms with Crippen molar-refractivity contribution in [2.24, 2.45) is 0 Å². The molecule has 0 aliphatic carbocycles. The average Bonchev–Trinajstić information content (AvgIpc) is 2.82. The lowest BCUT2D eigenvalue weighted by Crippen LogP contribution is -2.31. The lowest BCUT2D eigenvalue weighted by Gasteiger charge is -2.24. The Kier molecular flexibility index (Phi) is 4.87. The lowest BCUT2D eigenvalue weighted by atomic mass is 10.2. The largest absolute Gasteiger partial charge is 0.480 e. The van der Waals surface area contributed by atoms with Crippen LogP contribution in [0.2, 0.25) is 4.47 Å². The highest BCUT2D eigenvalue weighted by molar-refractivity contribution is 7.15. The molecule has 1 N–H and O–H groups in total. The van der Waals surface area contributed by atoms with E-state index in [9.17, 15) is 18.0 Å². The molecule has 2 aromatic heterocycles. The fraction of sp³-hybridized carbons (Fsp3) is 0.250. The summed E-state index contributed by atoms with van der Waals surface area (Å²) in [4.78, 5) is 20.0. The molecule has 0 spiro atoms. The number of carbonyl (C=O) groups is 1. The number of alkyl halides is 3. The van der Waals surface area contributed by atoms with E-state index in [1.807, 2.05) is 0 Å². The molecule has 2 heterocycles. The summed E-state index contributed by atoms with van der Waals surface area (Å²) in [5.41, 5.74) is -0.994. The quantitative estimate of drug-likeness (QED) is 0.895. The standard InChI is InChI=1S/C12H9ClF3N3O2S/c13-11-18-4-7(22-11)5-19(6-9(20)21)10-8(12(14,15)16)2-1-3-17-10/h1-4H,5-6H2,(H,20,21).